The lowest BCUT2D eigenvalue weighted by Gasteiger charge is -2.11. The Balaban J connectivity index is 2.20. The van der Waals surface area contributed by atoms with E-state index in [9.17, 15) is 4.79 Å². The molecule has 2 rings (SSSR count). The minimum Gasteiger partial charge on any atom is -0.494 e. The lowest BCUT2D eigenvalue weighted by atomic mass is 10.2. The second kappa shape index (κ2) is 7.74. The Labute approximate surface area is 133 Å². The molecular formula is C15H19N3O3S. The summed E-state index contributed by atoms with van der Waals surface area (Å²) in [6.07, 6.45) is 0.792. The van der Waals surface area contributed by atoms with Gasteiger partial charge in [0.1, 0.15) is 16.5 Å². The Bertz CT molecular complexity index is 643. The maximum absolute atomic E-state index is 12.4. The summed E-state index contributed by atoms with van der Waals surface area (Å²) in [5, 5.41) is 12.0. The number of amides is 1. The number of rotatable bonds is 7. The van der Waals surface area contributed by atoms with Crippen LogP contribution in [0.25, 0.3) is 0 Å². The molecule has 0 fully saturated rings. The van der Waals surface area contributed by atoms with Gasteiger partial charge >= 0.3 is 0 Å². The van der Waals surface area contributed by atoms with Crippen LogP contribution in [0.5, 0.6) is 11.5 Å². The molecule has 1 aromatic heterocycles. The molecule has 118 valence electrons. The minimum atomic E-state index is -0.273. The fourth-order valence-electron chi connectivity index (χ4n) is 1.83. The van der Waals surface area contributed by atoms with Crippen molar-refractivity contribution in [3.63, 3.8) is 0 Å². The minimum absolute atomic E-state index is 0.273. The van der Waals surface area contributed by atoms with Gasteiger partial charge in [-0.15, -0.1) is 10.2 Å². The largest absolute Gasteiger partial charge is 0.494 e. The number of aromatic nitrogens is 2. The van der Waals surface area contributed by atoms with E-state index in [1.54, 1.807) is 18.2 Å². The van der Waals surface area contributed by atoms with Gasteiger partial charge in [0.25, 0.3) is 5.91 Å². The van der Waals surface area contributed by atoms with Gasteiger partial charge in [0.2, 0.25) is 5.13 Å². The van der Waals surface area contributed by atoms with Gasteiger partial charge in [-0.3, -0.25) is 10.1 Å². The number of aryl methyl sites for hydroxylation is 1. The number of nitrogens with zero attached hydrogens (tertiary/aromatic N) is 2. The fraction of sp³-hybridized carbons (Fsp3) is 0.400. The first kappa shape index (κ1) is 16.2. The number of ether oxygens (including phenoxy) is 2. The van der Waals surface area contributed by atoms with Crippen LogP contribution in [0.15, 0.2) is 18.2 Å². The number of carbonyl (C=O) groups is 1. The molecular weight excluding hydrogens is 302 g/mol. The van der Waals surface area contributed by atoms with Gasteiger partial charge in [0, 0.05) is 6.07 Å². The number of benzene rings is 1. The topological polar surface area (TPSA) is 73.3 Å². The summed E-state index contributed by atoms with van der Waals surface area (Å²) >= 11 is 1.37. The predicted molar refractivity (Wildman–Crippen MR) is 86.0 cm³/mol. The molecule has 22 heavy (non-hydrogen) atoms. The first-order chi connectivity index (χ1) is 10.7. The number of nitrogens with one attached hydrogen (secondary N) is 1. The lowest BCUT2D eigenvalue weighted by Crippen LogP contribution is -2.13. The molecule has 0 atom stereocenters. The third-order valence-electron chi connectivity index (χ3n) is 2.80. The van der Waals surface area contributed by atoms with Crippen LogP contribution in [-0.4, -0.2) is 29.3 Å². The normalized spacial score (nSPS) is 10.3. The highest BCUT2D eigenvalue weighted by Gasteiger charge is 2.16. The van der Waals surface area contributed by atoms with Crippen molar-refractivity contribution in [1.29, 1.82) is 0 Å². The predicted octanol–water partition coefficient (Wildman–Crippen LogP) is 3.15. The van der Waals surface area contributed by atoms with Crippen molar-refractivity contribution in [3.05, 3.63) is 28.8 Å². The second-order valence-corrected chi connectivity index (χ2v) is 5.39. The standard InChI is InChI=1S/C15H19N3O3S/c1-4-13-17-18-15(22-13)16-14(19)11-8-7-10(20-5-2)9-12(11)21-6-3/h7-9H,4-6H2,1-3H3,(H,16,18,19). The molecule has 0 bridgehead atoms. The van der Waals surface area contributed by atoms with Crippen LogP contribution in [0.3, 0.4) is 0 Å². The van der Waals surface area contributed by atoms with Crippen LogP contribution in [0.2, 0.25) is 0 Å². The van der Waals surface area contributed by atoms with Gasteiger partial charge in [0.05, 0.1) is 18.8 Å². The quantitative estimate of drug-likeness (QED) is 0.848. The summed E-state index contributed by atoms with van der Waals surface area (Å²) in [6.45, 7) is 6.79. The molecule has 0 spiro atoms. The summed E-state index contributed by atoms with van der Waals surface area (Å²) < 4.78 is 11.0. The van der Waals surface area contributed by atoms with Crippen LogP contribution in [0, 0.1) is 0 Å². The van der Waals surface area contributed by atoms with Crippen LogP contribution >= 0.6 is 11.3 Å². The fourth-order valence-corrected chi connectivity index (χ4v) is 2.51. The molecule has 7 heteroatoms. The number of carbonyl (C=O) groups excluding carboxylic acids is 1. The monoisotopic (exact) mass is 321 g/mol. The zero-order chi connectivity index (χ0) is 15.9. The zero-order valence-corrected chi connectivity index (χ0v) is 13.7. The summed E-state index contributed by atoms with van der Waals surface area (Å²) in [7, 11) is 0. The highest BCUT2D eigenvalue weighted by Crippen LogP contribution is 2.26. The molecule has 1 N–H and O–H groups in total. The molecule has 0 unspecified atom stereocenters. The molecule has 0 saturated carbocycles. The molecule has 0 aliphatic heterocycles. The molecule has 6 nitrogen and oxygen atoms in total. The smallest absolute Gasteiger partial charge is 0.261 e. The van der Waals surface area contributed by atoms with E-state index in [2.05, 4.69) is 15.5 Å². The van der Waals surface area contributed by atoms with Crippen LogP contribution in [0.4, 0.5) is 5.13 Å². The van der Waals surface area contributed by atoms with E-state index in [1.165, 1.54) is 11.3 Å². The van der Waals surface area contributed by atoms with E-state index in [-0.39, 0.29) is 5.91 Å². The zero-order valence-electron chi connectivity index (χ0n) is 12.9. The molecule has 0 aliphatic rings. The molecule has 1 aromatic carbocycles. The summed E-state index contributed by atoms with van der Waals surface area (Å²) in [4.78, 5) is 12.4. The van der Waals surface area contributed by atoms with Crippen molar-refractivity contribution < 1.29 is 14.3 Å². The summed E-state index contributed by atoms with van der Waals surface area (Å²) in [6, 6.07) is 5.16. The molecule has 1 amide bonds. The Kier molecular flexibility index (Phi) is 5.71. The van der Waals surface area contributed by atoms with Gasteiger partial charge in [-0.2, -0.15) is 0 Å². The first-order valence-corrected chi connectivity index (χ1v) is 8.02. The van der Waals surface area contributed by atoms with E-state index in [0.29, 0.717) is 35.4 Å². The van der Waals surface area contributed by atoms with E-state index in [1.807, 2.05) is 20.8 Å². The molecule has 0 saturated heterocycles. The van der Waals surface area contributed by atoms with E-state index < -0.39 is 0 Å². The lowest BCUT2D eigenvalue weighted by molar-refractivity contribution is 0.102. The van der Waals surface area contributed by atoms with Gasteiger partial charge in [-0.1, -0.05) is 18.3 Å². The highest BCUT2D eigenvalue weighted by atomic mass is 32.1. The third-order valence-corrected chi connectivity index (χ3v) is 3.78. The van der Waals surface area contributed by atoms with Gasteiger partial charge in [-0.05, 0) is 32.4 Å². The molecule has 2 aromatic rings. The summed E-state index contributed by atoms with van der Waals surface area (Å²) in [5.74, 6) is 0.892. The van der Waals surface area contributed by atoms with Crippen molar-refractivity contribution in [2.24, 2.45) is 0 Å². The van der Waals surface area contributed by atoms with E-state index in [0.717, 1.165) is 11.4 Å². The maximum atomic E-state index is 12.4. The van der Waals surface area contributed by atoms with Crippen molar-refractivity contribution >= 4 is 22.4 Å². The van der Waals surface area contributed by atoms with E-state index in [4.69, 9.17) is 9.47 Å². The Morgan fingerprint density at radius 3 is 2.59 bits per heavy atom. The van der Waals surface area contributed by atoms with Crippen molar-refractivity contribution in [2.45, 2.75) is 27.2 Å². The molecule has 0 aliphatic carbocycles. The van der Waals surface area contributed by atoms with Crippen molar-refractivity contribution in [3.8, 4) is 11.5 Å². The Morgan fingerprint density at radius 1 is 1.18 bits per heavy atom. The van der Waals surface area contributed by atoms with Crippen LogP contribution in [0.1, 0.15) is 36.1 Å². The summed E-state index contributed by atoms with van der Waals surface area (Å²) in [5.41, 5.74) is 0.443. The SMILES string of the molecule is CCOc1ccc(C(=O)Nc2nnc(CC)s2)c(OCC)c1. The molecule has 0 radical (unpaired) electrons. The van der Waals surface area contributed by atoms with Crippen molar-refractivity contribution in [1.82, 2.24) is 10.2 Å². The Hall–Kier alpha value is -2.15. The first-order valence-electron chi connectivity index (χ1n) is 7.21. The van der Waals surface area contributed by atoms with Crippen LogP contribution < -0.4 is 14.8 Å². The number of anilines is 1. The van der Waals surface area contributed by atoms with Gasteiger partial charge in [0.15, 0.2) is 0 Å². The third kappa shape index (κ3) is 3.94. The highest BCUT2D eigenvalue weighted by molar-refractivity contribution is 7.15. The molecule has 1 heterocycles. The number of hydrogen-bond donors (Lipinski definition) is 1. The second-order valence-electron chi connectivity index (χ2n) is 4.33. The van der Waals surface area contributed by atoms with Gasteiger partial charge < -0.3 is 9.47 Å². The average Bonchev–Trinajstić information content (AvgIpc) is 2.96. The maximum Gasteiger partial charge on any atom is 0.261 e. The van der Waals surface area contributed by atoms with Crippen LogP contribution in [-0.2, 0) is 6.42 Å². The van der Waals surface area contributed by atoms with Crippen molar-refractivity contribution in [2.75, 3.05) is 18.5 Å². The average molecular weight is 321 g/mol. The van der Waals surface area contributed by atoms with Gasteiger partial charge in [-0.25, -0.2) is 0 Å². The Morgan fingerprint density at radius 2 is 1.95 bits per heavy atom. The number of hydrogen-bond acceptors (Lipinski definition) is 6. The van der Waals surface area contributed by atoms with E-state index >= 15 is 0 Å².